The third kappa shape index (κ3) is 4.24. The van der Waals surface area contributed by atoms with Crippen molar-refractivity contribution in [3.05, 3.63) is 58.6 Å². The van der Waals surface area contributed by atoms with Gasteiger partial charge < -0.3 is 10.6 Å². The Bertz CT molecular complexity index is 674. The average molecular weight is 373 g/mol. The van der Waals surface area contributed by atoms with E-state index in [0.29, 0.717) is 10.2 Å². The second-order valence-corrected chi connectivity index (χ2v) is 5.28. The molecule has 2 aromatic carbocycles. The highest BCUT2D eigenvalue weighted by Gasteiger charge is 2.33. The lowest BCUT2D eigenvalue weighted by molar-refractivity contribution is -0.137. The third-order valence-electron chi connectivity index (χ3n) is 2.82. The molecule has 0 saturated carbocycles. The first-order valence-corrected chi connectivity index (χ1v) is 7.11. The Morgan fingerprint density at radius 2 is 1.59 bits per heavy atom. The molecule has 0 fully saturated rings. The molecule has 0 aromatic heterocycles. The number of nitrogens with one attached hydrogen (secondary N) is 2. The van der Waals surface area contributed by atoms with Gasteiger partial charge in [0.15, 0.2) is 0 Å². The van der Waals surface area contributed by atoms with E-state index in [9.17, 15) is 18.0 Å². The van der Waals surface area contributed by atoms with E-state index < -0.39 is 17.6 Å². The molecule has 0 heterocycles. The van der Waals surface area contributed by atoms with E-state index in [1.807, 2.05) is 0 Å². The topological polar surface area (TPSA) is 41.1 Å². The number of hydrogen-bond donors (Lipinski definition) is 2. The lowest BCUT2D eigenvalue weighted by atomic mass is 10.1. The van der Waals surface area contributed by atoms with Crippen LogP contribution >= 0.6 is 15.9 Å². The number of hydrogen-bond acceptors (Lipinski definition) is 2. The van der Waals surface area contributed by atoms with E-state index >= 15 is 0 Å². The second kappa shape index (κ2) is 6.83. The lowest BCUT2D eigenvalue weighted by Crippen LogP contribution is -2.23. The third-order valence-corrected chi connectivity index (χ3v) is 3.51. The number of amides is 1. The van der Waals surface area contributed by atoms with E-state index in [0.717, 1.165) is 6.07 Å². The summed E-state index contributed by atoms with van der Waals surface area (Å²) in [5, 5.41) is 5.12. The smallest absolute Gasteiger partial charge is 0.376 e. The van der Waals surface area contributed by atoms with Crippen LogP contribution in [0.15, 0.2) is 53.0 Å². The fraction of sp³-hybridized carbons (Fsp3) is 0.133. The van der Waals surface area contributed by atoms with Crippen LogP contribution < -0.4 is 10.6 Å². The standard InChI is InChI=1S/C15H12BrF3N2O/c16-11-6-2-4-8-13(11)21-14(22)9-20-12-7-3-1-5-10(12)15(17,18)19/h1-8,20H,9H2,(H,21,22). The summed E-state index contributed by atoms with van der Waals surface area (Å²) >= 11 is 3.27. The molecule has 2 N–H and O–H groups in total. The Morgan fingerprint density at radius 1 is 1.00 bits per heavy atom. The first kappa shape index (κ1) is 16.4. The molecule has 0 aliphatic rings. The summed E-state index contributed by atoms with van der Waals surface area (Å²) in [7, 11) is 0. The molecular weight excluding hydrogens is 361 g/mol. The number of carbonyl (C=O) groups excluding carboxylic acids is 1. The maximum atomic E-state index is 12.8. The molecule has 22 heavy (non-hydrogen) atoms. The molecule has 3 nitrogen and oxygen atoms in total. The summed E-state index contributed by atoms with van der Waals surface area (Å²) in [6.07, 6.45) is -4.47. The molecule has 0 spiro atoms. The van der Waals surface area contributed by atoms with Crippen molar-refractivity contribution in [3.8, 4) is 0 Å². The second-order valence-electron chi connectivity index (χ2n) is 4.42. The predicted octanol–water partition coefficient (Wildman–Crippen LogP) is 4.52. The monoisotopic (exact) mass is 372 g/mol. The SMILES string of the molecule is O=C(CNc1ccccc1C(F)(F)F)Nc1ccccc1Br. The zero-order chi connectivity index (χ0) is 16.2. The number of rotatable bonds is 4. The van der Waals surface area contributed by atoms with Crippen LogP contribution in [0.2, 0.25) is 0 Å². The van der Waals surface area contributed by atoms with E-state index in [4.69, 9.17) is 0 Å². The van der Waals surface area contributed by atoms with Crippen LogP contribution in [0.4, 0.5) is 24.5 Å². The van der Waals surface area contributed by atoms with Gasteiger partial charge in [-0.2, -0.15) is 13.2 Å². The first-order chi connectivity index (χ1) is 10.4. The van der Waals surface area contributed by atoms with Crippen molar-refractivity contribution in [2.24, 2.45) is 0 Å². The van der Waals surface area contributed by atoms with Gasteiger partial charge >= 0.3 is 6.18 Å². The van der Waals surface area contributed by atoms with E-state index in [1.54, 1.807) is 24.3 Å². The number of halogens is 4. The van der Waals surface area contributed by atoms with Crippen molar-refractivity contribution >= 4 is 33.2 Å². The van der Waals surface area contributed by atoms with Crippen LogP contribution in [-0.4, -0.2) is 12.5 Å². The average Bonchev–Trinajstić information content (AvgIpc) is 2.47. The van der Waals surface area contributed by atoms with Crippen LogP contribution in [0.25, 0.3) is 0 Å². The Morgan fingerprint density at radius 3 is 2.23 bits per heavy atom. The molecule has 0 unspecified atom stereocenters. The molecular formula is C15H12BrF3N2O. The molecule has 0 aliphatic heterocycles. The van der Waals surface area contributed by atoms with Gasteiger partial charge in [0.05, 0.1) is 17.8 Å². The predicted molar refractivity (Wildman–Crippen MR) is 82.7 cm³/mol. The van der Waals surface area contributed by atoms with E-state index in [1.165, 1.54) is 18.2 Å². The highest BCUT2D eigenvalue weighted by Crippen LogP contribution is 2.34. The first-order valence-electron chi connectivity index (χ1n) is 6.32. The molecule has 0 aliphatic carbocycles. The molecule has 0 radical (unpaired) electrons. The van der Waals surface area contributed by atoms with Gasteiger partial charge in [-0.3, -0.25) is 4.79 Å². The number of benzene rings is 2. The van der Waals surface area contributed by atoms with Crippen molar-refractivity contribution in [3.63, 3.8) is 0 Å². The number of para-hydroxylation sites is 2. The fourth-order valence-electron chi connectivity index (χ4n) is 1.82. The largest absolute Gasteiger partial charge is 0.418 e. The van der Waals surface area contributed by atoms with Gasteiger partial charge in [0.25, 0.3) is 0 Å². The number of alkyl halides is 3. The Labute approximate surface area is 133 Å². The van der Waals surface area contributed by atoms with Crippen LogP contribution in [0, 0.1) is 0 Å². The minimum absolute atomic E-state index is 0.128. The van der Waals surface area contributed by atoms with Crippen LogP contribution in [0.5, 0.6) is 0 Å². The van der Waals surface area contributed by atoms with Crippen molar-refractivity contribution in [1.82, 2.24) is 0 Å². The molecule has 0 saturated heterocycles. The summed E-state index contributed by atoms with van der Waals surface area (Å²) < 4.78 is 39.2. The Balaban J connectivity index is 2.02. The van der Waals surface area contributed by atoms with Crippen LogP contribution in [-0.2, 0) is 11.0 Å². The summed E-state index contributed by atoms with van der Waals surface area (Å²) in [4.78, 5) is 11.8. The van der Waals surface area contributed by atoms with Crippen molar-refractivity contribution in [2.75, 3.05) is 17.2 Å². The van der Waals surface area contributed by atoms with Crippen molar-refractivity contribution < 1.29 is 18.0 Å². The zero-order valence-corrected chi connectivity index (χ0v) is 12.8. The van der Waals surface area contributed by atoms with Gasteiger partial charge in [0.1, 0.15) is 0 Å². The highest BCUT2D eigenvalue weighted by molar-refractivity contribution is 9.10. The maximum absolute atomic E-state index is 12.8. The number of anilines is 2. The number of carbonyl (C=O) groups is 1. The van der Waals surface area contributed by atoms with Gasteiger partial charge in [-0.05, 0) is 40.2 Å². The Kier molecular flexibility index (Phi) is 5.07. The molecule has 1 amide bonds. The quantitative estimate of drug-likeness (QED) is 0.828. The fourth-order valence-corrected chi connectivity index (χ4v) is 2.20. The highest BCUT2D eigenvalue weighted by atomic mass is 79.9. The van der Waals surface area contributed by atoms with Crippen molar-refractivity contribution in [2.45, 2.75) is 6.18 Å². The lowest BCUT2D eigenvalue weighted by Gasteiger charge is -2.14. The van der Waals surface area contributed by atoms with Gasteiger partial charge in [-0.1, -0.05) is 24.3 Å². The summed E-state index contributed by atoms with van der Waals surface area (Å²) in [5.41, 5.74) is -0.376. The summed E-state index contributed by atoms with van der Waals surface area (Å²) in [6, 6.07) is 12.0. The van der Waals surface area contributed by atoms with E-state index in [-0.39, 0.29) is 12.2 Å². The molecule has 2 aromatic rings. The molecule has 7 heteroatoms. The van der Waals surface area contributed by atoms with Gasteiger partial charge in [0.2, 0.25) is 5.91 Å². The van der Waals surface area contributed by atoms with Crippen LogP contribution in [0.1, 0.15) is 5.56 Å². The minimum Gasteiger partial charge on any atom is -0.376 e. The molecule has 0 atom stereocenters. The Hall–Kier alpha value is -2.02. The van der Waals surface area contributed by atoms with Gasteiger partial charge in [-0.25, -0.2) is 0 Å². The normalized spacial score (nSPS) is 11.1. The molecule has 116 valence electrons. The molecule has 0 bridgehead atoms. The summed E-state index contributed by atoms with van der Waals surface area (Å²) in [5.74, 6) is -0.441. The van der Waals surface area contributed by atoms with Gasteiger partial charge in [0, 0.05) is 10.2 Å². The minimum atomic E-state index is -4.47. The van der Waals surface area contributed by atoms with E-state index in [2.05, 4.69) is 26.6 Å². The molecule has 2 rings (SSSR count). The summed E-state index contributed by atoms with van der Waals surface area (Å²) in [6.45, 7) is -0.269. The van der Waals surface area contributed by atoms with Crippen LogP contribution in [0.3, 0.4) is 0 Å². The maximum Gasteiger partial charge on any atom is 0.418 e. The van der Waals surface area contributed by atoms with Crippen molar-refractivity contribution in [1.29, 1.82) is 0 Å². The zero-order valence-electron chi connectivity index (χ0n) is 11.2. The van der Waals surface area contributed by atoms with Gasteiger partial charge in [-0.15, -0.1) is 0 Å².